The molecule has 1 rings (SSSR count). The van der Waals surface area contributed by atoms with Gasteiger partial charge >= 0.3 is 0 Å². The Morgan fingerprint density at radius 3 is 2.80 bits per heavy atom. The smallest absolute Gasteiger partial charge is 0.158 e. The van der Waals surface area contributed by atoms with Gasteiger partial charge < -0.3 is 5.73 Å². The molecule has 0 spiro atoms. The Balaban J connectivity index is 2.83. The molecule has 0 aromatic carbocycles. The summed E-state index contributed by atoms with van der Waals surface area (Å²) in [5.74, 6) is 0.615. The van der Waals surface area contributed by atoms with E-state index in [1.807, 2.05) is 0 Å². The van der Waals surface area contributed by atoms with Crippen LogP contribution in [-0.4, -0.2) is 10.2 Å². The first-order valence-electron chi connectivity index (χ1n) is 3.24. The normalized spacial score (nSPS) is 10.2. The van der Waals surface area contributed by atoms with Gasteiger partial charge in [-0.15, -0.1) is 0 Å². The van der Waals surface area contributed by atoms with Crippen LogP contribution in [0.3, 0.4) is 0 Å². The lowest BCUT2D eigenvalue weighted by Gasteiger charge is -1.91. The first-order chi connectivity index (χ1) is 4.75. The molecular formula is C6H10IN3. The lowest BCUT2D eigenvalue weighted by atomic mass is 10.2. The van der Waals surface area contributed by atoms with Gasteiger partial charge in [-0.1, -0.05) is 13.3 Å². The second-order valence-corrected chi connectivity index (χ2v) is 3.23. The number of halogens is 1. The summed E-state index contributed by atoms with van der Waals surface area (Å²) in [5.41, 5.74) is 6.67. The van der Waals surface area contributed by atoms with Crippen LogP contribution in [0.15, 0.2) is 0 Å². The molecule has 3 N–H and O–H groups in total. The molecule has 1 heterocycles. The highest BCUT2D eigenvalue weighted by Crippen LogP contribution is 2.16. The van der Waals surface area contributed by atoms with Crippen molar-refractivity contribution < 1.29 is 0 Å². The van der Waals surface area contributed by atoms with Crippen LogP contribution < -0.4 is 5.73 Å². The van der Waals surface area contributed by atoms with Gasteiger partial charge in [0, 0.05) is 0 Å². The van der Waals surface area contributed by atoms with Crippen molar-refractivity contribution in [3.05, 3.63) is 9.26 Å². The molecule has 1 aromatic heterocycles. The molecule has 1 aromatic rings. The summed E-state index contributed by atoms with van der Waals surface area (Å²) in [7, 11) is 0. The Kier molecular flexibility index (Phi) is 2.53. The molecule has 0 atom stereocenters. The van der Waals surface area contributed by atoms with Crippen LogP contribution in [0.4, 0.5) is 5.82 Å². The number of aryl methyl sites for hydroxylation is 1. The van der Waals surface area contributed by atoms with Gasteiger partial charge in [-0.3, -0.25) is 5.10 Å². The highest BCUT2D eigenvalue weighted by Gasteiger charge is 2.04. The van der Waals surface area contributed by atoms with E-state index in [0.717, 1.165) is 22.1 Å². The number of H-pyrrole nitrogens is 1. The molecule has 0 aliphatic carbocycles. The fourth-order valence-corrected chi connectivity index (χ4v) is 1.31. The zero-order valence-corrected chi connectivity index (χ0v) is 7.97. The molecule has 0 bridgehead atoms. The highest BCUT2D eigenvalue weighted by molar-refractivity contribution is 14.1. The van der Waals surface area contributed by atoms with Crippen molar-refractivity contribution >= 4 is 28.4 Å². The molecule has 10 heavy (non-hydrogen) atoms. The predicted molar refractivity (Wildman–Crippen MR) is 49.7 cm³/mol. The van der Waals surface area contributed by atoms with Crippen molar-refractivity contribution in [2.24, 2.45) is 0 Å². The molecule has 0 aliphatic heterocycles. The number of hydrogen-bond donors (Lipinski definition) is 2. The van der Waals surface area contributed by atoms with E-state index in [-0.39, 0.29) is 0 Å². The number of anilines is 1. The van der Waals surface area contributed by atoms with Gasteiger partial charge in [-0.05, 0) is 29.0 Å². The summed E-state index contributed by atoms with van der Waals surface area (Å²) in [5, 5.41) is 6.77. The minimum atomic E-state index is 0.615. The zero-order chi connectivity index (χ0) is 7.56. The van der Waals surface area contributed by atoms with Crippen LogP contribution >= 0.6 is 22.6 Å². The Labute approximate surface area is 73.5 Å². The van der Waals surface area contributed by atoms with Gasteiger partial charge in [-0.25, -0.2) is 0 Å². The third-order valence-electron chi connectivity index (χ3n) is 1.30. The first-order valence-corrected chi connectivity index (χ1v) is 4.31. The summed E-state index contributed by atoms with van der Waals surface area (Å²) in [6.07, 6.45) is 2.15. The molecule has 0 unspecified atom stereocenters. The van der Waals surface area contributed by atoms with E-state index in [1.54, 1.807) is 0 Å². The SMILES string of the molecule is CCCc1[nH]nc(N)c1I. The number of rotatable bonds is 2. The molecular weight excluding hydrogens is 241 g/mol. The monoisotopic (exact) mass is 251 g/mol. The van der Waals surface area contributed by atoms with E-state index < -0.39 is 0 Å². The molecule has 0 saturated heterocycles. The van der Waals surface area contributed by atoms with E-state index in [1.165, 1.54) is 0 Å². The van der Waals surface area contributed by atoms with Gasteiger partial charge in [0.1, 0.15) is 0 Å². The topological polar surface area (TPSA) is 54.7 Å². The number of nitrogens with two attached hydrogens (primary N) is 1. The number of nitrogens with zero attached hydrogens (tertiary/aromatic N) is 1. The number of nitrogens with one attached hydrogen (secondary N) is 1. The second-order valence-electron chi connectivity index (χ2n) is 2.15. The Hall–Kier alpha value is -0.260. The van der Waals surface area contributed by atoms with E-state index in [2.05, 4.69) is 39.7 Å². The standard InChI is InChI=1S/C6H10IN3/c1-2-3-4-5(7)6(8)10-9-4/h2-3H2,1H3,(H3,8,9,10). The summed E-state index contributed by atoms with van der Waals surface area (Å²) in [6, 6.07) is 0. The molecule has 56 valence electrons. The van der Waals surface area contributed by atoms with Crippen molar-refractivity contribution in [1.82, 2.24) is 10.2 Å². The Morgan fingerprint density at radius 1 is 1.70 bits per heavy atom. The van der Waals surface area contributed by atoms with Crippen LogP contribution in [-0.2, 0) is 6.42 Å². The molecule has 0 amide bonds. The molecule has 0 aliphatic rings. The third-order valence-corrected chi connectivity index (χ3v) is 2.50. The van der Waals surface area contributed by atoms with Gasteiger partial charge in [0.05, 0.1) is 9.26 Å². The van der Waals surface area contributed by atoms with E-state index >= 15 is 0 Å². The van der Waals surface area contributed by atoms with Crippen LogP contribution in [0, 0.1) is 3.57 Å². The van der Waals surface area contributed by atoms with Gasteiger partial charge in [0.25, 0.3) is 0 Å². The number of hydrogen-bond acceptors (Lipinski definition) is 2. The number of aromatic nitrogens is 2. The van der Waals surface area contributed by atoms with Crippen LogP contribution in [0.2, 0.25) is 0 Å². The number of aromatic amines is 1. The summed E-state index contributed by atoms with van der Waals surface area (Å²) >= 11 is 2.20. The minimum Gasteiger partial charge on any atom is -0.381 e. The largest absolute Gasteiger partial charge is 0.381 e. The molecule has 3 nitrogen and oxygen atoms in total. The summed E-state index contributed by atoms with van der Waals surface area (Å²) < 4.78 is 1.07. The Morgan fingerprint density at radius 2 is 2.40 bits per heavy atom. The lowest BCUT2D eigenvalue weighted by Crippen LogP contribution is -1.88. The van der Waals surface area contributed by atoms with Gasteiger partial charge in [-0.2, -0.15) is 5.10 Å². The average Bonchev–Trinajstić information content (AvgIpc) is 2.20. The Bertz CT molecular complexity index is 219. The van der Waals surface area contributed by atoms with Gasteiger partial charge in [0.15, 0.2) is 5.82 Å². The fourth-order valence-electron chi connectivity index (χ4n) is 0.796. The fraction of sp³-hybridized carbons (Fsp3) is 0.500. The molecule has 4 heteroatoms. The maximum Gasteiger partial charge on any atom is 0.158 e. The maximum atomic E-state index is 5.52. The summed E-state index contributed by atoms with van der Waals surface area (Å²) in [4.78, 5) is 0. The van der Waals surface area contributed by atoms with Crippen LogP contribution in [0.25, 0.3) is 0 Å². The molecule has 0 radical (unpaired) electrons. The number of nitrogen functional groups attached to an aromatic ring is 1. The second kappa shape index (κ2) is 3.23. The highest BCUT2D eigenvalue weighted by atomic mass is 127. The van der Waals surface area contributed by atoms with Gasteiger partial charge in [0.2, 0.25) is 0 Å². The van der Waals surface area contributed by atoms with E-state index in [0.29, 0.717) is 5.82 Å². The maximum absolute atomic E-state index is 5.52. The van der Waals surface area contributed by atoms with E-state index in [9.17, 15) is 0 Å². The lowest BCUT2D eigenvalue weighted by molar-refractivity contribution is 0.864. The van der Waals surface area contributed by atoms with Crippen molar-refractivity contribution in [3.8, 4) is 0 Å². The quantitative estimate of drug-likeness (QED) is 0.783. The summed E-state index contributed by atoms with van der Waals surface area (Å²) in [6.45, 7) is 2.13. The third kappa shape index (κ3) is 1.42. The van der Waals surface area contributed by atoms with Crippen molar-refractivity contribution in [3.63, 3.8) is 0 Å². The molecule has 0 saturated carbocycles. The van der Waals surface area contributed by atoms with E-state index in [4.69, 9.17) is 5.73 Å². The molecule has 0 fully saturated rings. The van der Waals surface area contributed by atoms with Crippen molar-refractivity contribution in [2.45, 2.75) is 19.8 Å². The van der Waals surface area contributed by atoms with Crippen LogP contribution in [0.1, 0.15) is 19.0 Å². The average molecular weight is 251 g/mol. The first kappa shape index (κ1) is 7.84. The zero-order valence-electron chi connectivity index (χ0n) is 5.82. The van der Waals surface area contributed by atoms with Crippen molar-refractivity contribution in [2.75, 3.05) is 5.73 Å². The minimum absolute atomic E-state index is 0.615. The van der Waals surface area contributed by atoms with Crippen molar-refractivity contribution in [1.29, 1.82) is 0 Å². The predicted octanol–water partition coefficient (Wildman–Crippen LogP) is 1.55. The van der Waals surface area contributed by atoms with Crippen LogP contribution in [0.5, 0.6) is 0 Å².